The zero-order valence-electron chi connectivity index (χ0n) is 20.3. The summed E-state index contributed by atoms with van der Waals surface area (Å²) in [6.45, 7) is 3.71. The van der Waals surface area contributed by atoms with Crippen molar-refractivity contribution in [1.82, 2.24) is 14.5 Å². The molecule has 0 radical (unpaired) electrons. The molecule has 36 heavy (non-hydrogen) atoms. The van der Waals surface area contributed by atoms with Crippen LogP contribution in [0.5, 0.6) is 5.75 Å². The smallest absolute Gasteiger partial charge is 0.295 e. The quantitative estimate of drug-likeness (QED) is 0.158. The summed E-state index contributed by atoms with van der Waals surface area (Å²) in [4.78, 5) is 32.0. The van der Waals surface area contributed by atoms with Gasteiger partial charge in [0.05, 0.1) is 24.5 Å². The first kappa shape index (κ1) is 25.5. The number of carbonyl (C=O) groups is 2. The summed E-state index contributed by atoms with van der Waals surface area (Å²) in [7, 11) is 0. The van der Waals surface area contributed by atoms with Gasteiger partial charge in [-0.2, -0.15) is 0 Å². The number of nitrogens with zero attached hydrogens (tertiary/aromatic N) is 3. The molecule has 1 aliphatic heterocycles. The highest BCUT2D eigenvalue weighted by Crippen LogP contribution is 2.40. The predicted octanol–water partition coefficient (Wildman–Crippen LogP) is 5.62. The van der Waals surface area contributed by atoms with Crippen molar-refractivity contribution in [3.05, 3.63) is 89.0 Å². The van der Waals surface area contributed by atoms with Crippen LogP contribution < -0.4 is 4.74 Å². The van der Waals surface area contributed by atoms with E-state index in [4.69, 9.17) is 16.3 Å². The number of hydrogen-bond donors (Lipinski definition) is 1. The summed E-state index contributed by atoms with van der Waals surface area (Å²) in [6.07, 6.45) is 9.01. The van der Waals surface area contributed by atoms with Gasteiger partial charge >= 0.3 is 0 Å². The van der Waals surface area contributed by atoms with Crippen LogP contribution in [0.15, 0.2) is 72.8 Å². The van der Waals surface area contributed by atoms with E-state index < -0.39 is 17.7 Å². The van der Waals surface area contributed by atoms with Crippen LogP contribution in [0.2, 0.25) is 5.02 Å². The van der Waals surface area contributed by atoms with E-state index in [9.17, 15) is 14.7 Å². The van der Waals surface area contributed by atoms with Crippen LogP contribution in [-0.4, -0.2) is 44.4 Å². The Morgan fingerprint density at radius 3 is 2.61 bits per heavy atom. The largest absolute Gasteiger partial charge is 0.507 e. The highest BCUT2D eigenvalue weighted by molar-refractivity contribution is 6.46. The molecule has 0 saturated carbocycles. The van der Waals surface area contributed by atoms with E-state index in [2.05, 4.69) is 11.9 Å². The molecule has 188 valence electrons. The Balaban J connectivity index is 1.68. The van der Waals surface area contributed by atoms with E-state index in [1.54, 1.807) is 36.8 Å². The van der Waals surface area contributed by atoms with Crippen LogP contribution in [0.4, 0.5) is 0 Å². The average Bonchev–Trinajstić information content (AvgIpc) is 3.49. The second kappa shape index (κ2) is 11.9. The topological polar surface area (TPSA) is 84.7 Å². The molecular formula is C28H30ClN3O4. The average molecular weight is 508 g/mol. The van der Waals surface area contributed by atoms with E-state index in [1.807, 2.05) is 35.0 Å². The summed E-state index contributed by atoms with van der Waals surface area (Å²) >= 11 is 6.01. The number of carbonyl (C=O) groups excluding carboxylic acids is 2. The Morgan fingerprint density at radius 1 is 1.08 bits per heavy atom. The third kappa shape index (κ3) is 5.79. The lowest BCUT2D eigenvalue weighted by Crippen LogP contribution is -2.31. The van der Waals surface area contributed by atoms with Crippen molar-refractivity contribution in [3.8, 4) is 5.75 Å². The van der Waals surface area contributed by atoms with Crippen LogP contribution in [0, 0.1) is 0 Å². The molecule has 0 spiro atoms. The van der Waals surface area contributed by atoms with E-state index in [-0.39, 0.29) is 11.3 Å². The Hall–Kier alpha value is -3.58. The maximum absolute atomic E-state index is 13.2. The summed E-state index contributed by atoms with van der Waals surface area (Å²) in [5.74, 6) is -0.889. The number of Topliss-reactive ketones (excluding diaryl/α,β-unsaturated/α-hetero) is 1. The zero-order valence-corrected chi connectivity index (χ0v) is 21.0. The van der Waals surface area contributed by atoms with Crippen LogP contribution in [-0.2, 0) is 16.1 Å². The van der Waals surface area contributed by atoms with Crippen molar-refractivity contribution >= 4 is 29.1 Å². The summed E-state index contributed by atoms with van der Waals surface area (Å²) < 4.78 is 7.85. The zero-order chi connectivity index (χ0) is 25.5. The van der Waals surface area contributed by atoms with Crippen molar-refractivity contribution in [2.24, 2.45) is 0 Å². The first-order valence-electron chi connectivity index (χ1n) is 12.2. The molecule has 7 nitrogen and oxygen atoms in total. The van der Waals surface area contributed by atoms with Gasteiger partial charge in [-0.3, -0.25) is 9.59 Å². The lowest BCUT2D eigenvalue weighted by atomic mass is 9.95. The highest BCUT2D eigenvalue weighted by Gasteiger charge is 2.45. The normalized spacial score (nSPS) is 17.1. The van der Waals surface area contributed by atoms with Gasteiger partial charge in [0.2, 0.25) is 0 Å². The van der Waals surface area contributed by atoms with Gasteiger partial charge in [0.15, 0.2) is 0 Å². The molecule has 1 aromatic heterocycles. The van der Waals surface area contributed by atoms with E-state index in [0.717, 1.165) is 19.3 Å². The molecule has 1 amide bonds. The van der Waals surface area contributed by atoms with Gasteiger partial charge in [0, 0.05) is 36.1 Å². The molecule has 1 N–H and O–H groups in total. The molecule has 0 bridgehead atoms. The number of rotatable bonds is 11. The number of aliphatic hydroxyl groups is 1. The molecule has 4 rings (SSSR count). The fourth-order valence-corrected chi connectivity index (χ4v) is 4.51. The minimum absolute atomic E-state index is 0.0630. The molecule has 8 heteroatoms. The fraction of sp³-hybridized carbons (Fsp3) is 0.321. The fourth-order valence-electron chi connectivity index (χ4n) is 4.38. The Labute approximate surface area is 216 Å². The van der Waals surface area contributed by atoms with E-state index in [1.165, 1.54) is 4.90 Å². The van der Waals surface area contributed by atoms with Gasteiger partial charge in [0.25, 0.3) is 11.7 Å². The Bertz CT molecular complexity index is 1220. The first-order valence-corrected chi connectivity index (χ1v) is 12.6. The van der Waals surface area contributed by atoms with E-state index >= 15 is 0 Å². The van der Waals surface area contributed by atoms with Crippen molar-refractivity contribution in [2.45, 2.75) is 45.2 Å². The number of ether oxygens (including phenoxy) is 1. The maximum Gasteiger partial charge on any atom is 0.295 e. The minimum atomic E-state index is -0.734. The molecule has 1 aliphatic rings. The van der Waals surface area contributed by atoms with Crippen LogP contribution in [0.3, 0.4) is 0 Å². The minimum Gasteiger partial charge on any atom is -0.507 e. The molecule has 3 aromatic rings. The number of hydrogen-bond acceptors (Lipinski definition) is 5. The highest BCUT2D eigenvalue weighted by atomic mass is 35.5. The monoisotopic (exact) mass is 507 g/mol. The van der Waals surface area contributed by atoms with Gasteiger partial charge in [-0.25, -0.2) is 4.98 Å². The van der Waals surface area contributed by atoms with E-state index in [0.29, 0.717) is 48.0 Å². The number of imidazole rings is 1. The van der Waals surface area contributed by atoms with Crippen molar-refractivity contribution in [2.75, 3.05) is 13.2 Å². The number of aromatic nitrogens is 2. The SMILES string of the molecule is CCCCCOc1cccc(C2C(=C(O)c3ccc(Cl)cc3)C(=O)C(=O)N2CCCn2ccnc2)c1. The molecule has 2 heterocycles. The van der Waals surface area contributed by atoms with Crippen molar-refractivity contribution in [1.29, 1.82) is 0 Å². The number of aliphatic hydroxyl groups excluding tert-OH is 1. The Kier molecular flexibility index (Phi) is 8.44. The molecule has 1 saturated heterocycles. The summed E-state index contributed by atoms with van der Waals surface area (Å²) in [6, 6.07) is 13.2. The number of halogens is 1. The second-order valence-electron chi connectivity index (χ2n) is 8.78. The van der Waals surface area contributed by atoms with Gasteiger partial charge in [-0.1, -0.05) is 43.5 Å². The van der Waals surface area contributed by atoms with Crippen LogP contribution in [0.1, 0.15) is 49.8 Å². The number of aryl methyl sites for hydroxylation is 1. The third-order valence-electron chi connectivity index (χ3n) is 6.22. The predicted molar refractivity (Wildman–Crippen MR) is 139 cm³/mol. The number of likely N-dealkylation sites (tertiary alicyclic amines) is 1. The third-order valence-corrected chi connectivity index (χ3v) is 6.47. The molecule has 2 aromatic carbocycles. The lowest BCUT2D eigenvalue weighted by Gasteiger charge is -2.26. The summed E-state index contributed by atoms with van der Waals surface area (Å²) in [5.41, 5.74) is 1.20. The first-order chi connectivity index (χ1) is 17.5. The molecular weight excluding hydrogens is 478 g/mol. The van der Waals surface area contributed by atoms with Crippen LogP contribution >= 0.6 is 11.6 Å². The number of unbranched alkanes of at least 4 members (excludes halogenated alkanes) is 2. The second-order valence-corrected chi connectivity index (χ2v) is 9.22. The lowest BCUT2D eigenvalue weighted by molar-refractivity contribution is -0.139. The van der Waals surface area contributed by atoms with Crippen LogP contribution in [0.25, 0.3) is 5.76 Å². The van der Waals surface area contributed by atoms with Gasteiger partial charge in [-0.15, -0.1) is 0 Å². The van der Waals surface area contributed by atoms with Gasteiger partial charge < -0.3 is 19.3 Å². The number of amides is 1. The number of benzene rings is 2. The number of ketones is 1. The Morgan fingerprint density at radius 2 is 1.89 bits per heavy atom. The van der Waals surface area contributed by atoms with Crippen molar-refractivity contribution in [3.63, 3.8) is 0 Å². The molecule has 0 aliphatic carbocycles. The standard InChI is InChI=1S/C28H30ClN3O4/c1-2-3-4-17-36-23-8-5-7-21(18-23)25-24(26(33)20-9-11-22(29)12-10-20)27(34)28(35)32(25)15-6-14-31-16-13-30-19-31/h5,7-13,16,18-19,25,33H,2-4,6,14-15,17H2,1H3. The van der Waals surface area contributed by atoms with Crippen molar-refractivity contribution < 1.29 is 19.4 Å². The summed E-state index contributed by atoms with van der Waals surface area (Å²) in [5, 5.41) is 11.7. The molecule has 1 unspecified atom stereocenters. The molecule has 1 atom stereocenters. The maximum atomic E-state index is 13.2. The molecule has 1 fully saturated rings. The van der Waals surface area contributed by atoms with Gasteiger partial charge in [0.1, 0.15) is 11.5 Å². The van der Waals surface area contributed by atoms with Gasteiger partial charge in [-0.05, 0) is 54.8 Å².